The van der Waals surface area contributed by atoms with Crippen molar-refractivity contribution in [1.82, 2.24) is 4.98 Å². The highest BCUT2D eigenvalue weighted by Gasteiger charge is 2.26. The summed E-state index contributed by atoms with van der Waals surface area (Å²) in [7, 11) is 0. The summed E-state index contributed by atoms with van der Waals surface area (Å²) < 4.78 is 0. The Hall–Kier alpha value is -1.00. The maximum absolute atomic E-state index is 9.82. The molecule has 0 spiro atoms. The van der Waals surface area contributed by atoms with Gasteiger partial charge in [-0.1, -0.05) is 18.5 Å². The average Bonchev–Trinajstić information content (AvgIpc) is 2.22. The second-order valence-electron chi connectivity index (χ2n) is 4.35. The van der Waals surface area contributed by atoms with Crippen molar-refractivity contribution >= 4 is 23.1 Å². The van der Waals surface area contributed by atoms with E-state index in [1.807, 2.05) is 4.90 Å². The van der Waals surface area contributed by atoms with Crippen molar-refractivity contribution in [1.29, 1.82) is 0 Å². The average molecular weight is 242 g/mol. The van der Waals surface area contributed by atoms with Crippen LogP contribution < -0.4 is 10.6 Å². The molecule has 1 aromatic rings. The molecule has 0 amide bonds. The van der Waals surface area contributed by atoms with Crippen LogP contribution in [0.25, 0.3) is 0 Å². The Kier molecular flexibility index (Phi) is 3.21. The molecule has 0 aromatic carbocycles. The predicted molar refractivity (Wildman–Crippen MR) is 65.7 cm³/mol. The molecule has 2 heterocycles. The van der Waals surface area contributed by atoms with Gasteiger partial charge in [0.15, 0.2) is 0 Å². The number of hydrogen-bond acceptors (Lipinski definition) is 4. The van der Waals surface area contributed by atoms with Crippen LogP contribution in [0, 0.1) is 5.92 Å². The van der Waals surface area contributed by atoms with Gasteiger partial charge in [-0.15, -0.1) is 0 Å². The molecule has 1 fully saturated rings. The van der Waals surface area contributed by atoms with Gasteiger partial charge in [-0.05, 0) is 18.4 Å². The largest absolute Gasteiger partial charge is 0.397 e. The summed E-state index contributed by atoms with van der Waals surface area (Å²) in [6.45, 7) is 3.51. The summed E-state index contributed by atoms with van der Waals surface area (Å²) in [5.41, 5.74) is 6.15. The fraction of sp³-hybridized carbons (Fsp3) is 0.545. The van der Waals surface area contributed by atoms with Crippen LogP contribution in [0.4, 0.5) is 11.5 Å². The third kappa shape index (κ3) is 2.23. The number of halogens is 1. The van der Waals surface area contributed by atoms with Crippen LogP contribution in [-0.4, -0.2) is 29.3 Å². The van der Waals surface area contributed by atoms with E-state index in [-0.39, 0.29) is 6.10 Å². The fourth-order valence-corrected chi connectivity index (χ4v) is 2.21. The SMILES string of the molecule is CC1CCN(c2ncc(N)cc2Cl)CC1O. The Morgan fingerprint density at radius 3 is 3.00 bits per heavy atom. The lowest BCUT2D eigenvalue weighted by Gasteiger charge is -2.35. The zero-order valence-corrected chi connectivity index (χ0v) is 9.98. The number of nitrogens with two attached hydrogens (primary N) is 1. The van der Waals surface area contributed by atoms with Gasteiger partial charge < -0.3 is 15.7 Å². The monoisotopic (exact) mass is 241 g/mol. The van der Waals surface area contributed by atoms with E-state index in [0.717, 1.165) is 13.0 Å². The minimum absolute atomic E-state index is 0.316. The van der Waals surface area contributed by atoms with Crippen molar-refractivity contribution in [2.24, 2.45) is 5.92 Å². The second-order valence-corrected chi connectivity index (χ2v) is 4.76. The molecule has 4 nitrogen and oxygen atoms in total. The quantitative estimate of drug-likeness (QED) is 0.783. The van der Waals surface area contributed by atoms with Crippen LogP contribution in [-0.2, 0) is 0 Å². The summed E-state index contributed by atoms with van der Waals surface area (Å²) in [5, 5.41) is 10.4. The summed E-state index contributed by atoms with van der Waals surface area (Å²) >= 11 is 6.08. The summed E-state index contributed by atoms with van der Waals surface area (Å²) in [4.78, 5) is 6.23. The summed E-state index contributed by atoms with van der Waals surface area (Å²) in [6.07, 6.45) is 2.22. The van der Waals surface area contributed by atoms with E-state index in [0.29, 0.717) is 29.0 Å². The molecular weight excluding hydrogens is 226 g/mol. The van der Waals surface area contributed by atoms with Crippen LogP contribution in [0.1, 0.15) is 13.3 Å². The molecule has 2 atom stereocenters. The van der Waals surface area contributed by atoms with Crippen molar-refractivity contribution in [2.75, 3.05) is 23.7 Å². The Labute approximate surface area is 100 Å². The summed E-state index contributed by atoms with van der Waals surface area (Å²) in [5.74, 6) is 1.05. The predicted octanol–water partition coefficient (Wildman–Crippen LogP) is 1.52. The van der Waals surface area contributed by atoms with E-state index in [1.165, 1.54) is 0 Å². The number of nitrogens with zero attached hydrogens (tertiary/aromatic N) is 2. The van der Waals surface area contributed by atoms with Gasteiger partial charge in [0.2, 0.25) is 0 Å². The first-order valence-electron chi connectivity index (χ1n) is 5.42. The lowest BCUT2D eigenvalue weighted by Crippen LogP contribution is -2.43. The topological polar surface area (TPSA) is 62.4 Å². The molecule has 0 bridgehead atoms. The number of aliphatic hydroxyl groups excluding tert-OH is 1. The number of aromatic nitrogens is 1. The normalized spacial score (nSPS) is 25.8. The first-order valence-corrected chi connectivity index (χ1v) is 5.79. The molecule has 2 rings (SSSR count). The van der Waals surface area contributed by atoms with E-state index in [4.69, 9.17) is 17.3 Å². The van der Waals surface area contributed by atoms with Gasteiger partial charge in [0, 0.05) is 13.1 Å². The van der Waals surface area contributed by atoms with Gasteiger partial charge in [0.05, 0.1) is 23.0 Å². The van der Waals surface area contributed by atoms with Gasteiger partial charge in [-0.2, -0.15) is 0 Å². The Balaban J connectivity index is 2.18. The standard InChI is InChI=1S/C11H16ClN3O/c1-7-2-3-15(6-10(7)16)11-9(12)4-8(13)5-14-11/h4-5,7,10,16H,2-3,6,13H2,1H3. The number of anilines is 2. The molecule has 2 unspecified atom stereocenters. The van der Waals surface area contributed by atoms with Crippen LogP contribution >= 0.6 is 11.6 Å². The lowest BCUT2D eigenvalue weighted by atomic mass is 9.96. The lowest BCUT2D eigenvalue weighted by molar-refractivity contribution is 0.102. The molecule has 0 radical (unpaired) electrons. The van der Waals surface area contributed by atoms with Crippen molar-refractivity contribution in [2.45, 2.75) is 19.4 Å². The first kappa shape index (κ1) is 11.5. The van der Waals surface area contributed by atoms with Crippen molar-refractivity contribution in [3.05, 3.63) is 17.3 Å². The molecule has 0 aliphatic carbocycles. The van der Waals surface area contributed by atoms with Gasteiger partial charge >= 0.3 is 0 Å². The minimum Gasteiger partial charge on any atom is -0.397 e. The molecule has 3 N–H and O–H groups in total. The molecule has 1 aliphatic heterocycles. The van der Waals surface area contributed by atoms with E-state index in [2.05, 4.69) is 11.9 Å². The zero-order valence-electron chi connectivity index (χ0n) is 9.23. The van der Waals surface area contributed by atoms with Gasteiger partial charge in [0.25, 0.3) is 0 Å². The number of aliphatic hydroxyl groups is 1. The van der Waals surface area contributed by atoms with E-state index < -0.39 is 0 Å². The number of piperidine rings is 1. The van der Waals surface area contributed by atoms with Crippen molar-refractivity contribution in [3.63, 3.8) is 0 Å². The summed E-state index contributed by atoms with van der Waals surface area (Å²) in [6, 6.07) is 1.69. The number of hydrogen-bond donors (Lipinski definition) is 2. The molecule has 1 aromatic heterocycles. The Bertz CT molecular complexity index is 385. The number of β-amino-alcohol motifs (C(OH)–C–C–N with tert-alkyl or cyclic N) is 1. The van der Waals surface area contributed by atoms with Gasteiger partial charge in [-0.25, -0.2) is 4.98 Å². The Morgan fingerprint density at radius 2 is 2.38 bits per heavy atom. The maximum atomic E-state index is 9.82. The van der Waals surface area contributed by atoms with Crippen molar-refractivity contribution in [3.8, 4) is 0 Å². The highest BCUT2D eigenvalue weighted by atomic mass is 35.5. The Morgan fingerprint density at radius 1 is 1.62 bits per heavy atom. The molecular formula is C11H16ClN3O. The highest BCUT2D eigenvalue weighted by molar-refractivity contribution is 6.33. The van der Waals surface area contributed by atoms with Gasteiger partial charge in [-0.3, -0.25) is 0 Å². The van der Waals surface area contributed by atoms with Crippen LogP contribution in [0.5, 0.6) is 0 Å². The fourth-order valence-electron chi connectivity index (χ4n) is 1.92. The van der Waals surface area contributed by atoms with E-state index >= 15 is 0 Å². The van der Waals surface area contributed by atoms with E-state index in [9.17, 15) is 5.11 Å². The van der Waals surface area contributed by atoms with Crippen LogP contribution in [0.3, 0.4) is 0 Å². The highest BCUT2D eigenvalue weighted by Crippen LogP contribution is 2.28. The molecule has 1 saturated heterocycles. The third-order valence-corrected chi connectivity index (χ3v) is 3.34. The smallest absolute Gasteiger partial charge is 0.147 e. The molecule has 5 heteroatoms. The number of rotatable bonds is 1. The zero-order chi connectivity index (χ0) is 11.7. The number of pyridine rings is 1. The second kappa shape index (κ2) is 4.47. The maximum Gasteiger partial charge on any atom is 0.147 e. The third-order valence-electron chi connectivity index (χ3n) is 3.06. The minimum atomic E-state index is -0.316. The molecule has 16 heavy (non-hydrogen) atoms. The van der Waals surface area contributed by atoms with Crippen molar-refractivity contribution < 1.29 is 5.11 Å². The van der Waals surface area contributed by atoms with Crippen LogP contribution in [0.15, 0.2) is 12.3 Å². The van der Waals surface area contributed by atoms with E-state index in [1.54, 1.807) is 12.3 Å². The molecule has 0 saturated carbocycles. The first-order chi connectivity index (χ1) is 7.58. The van der Waals surface area contributed by atoms with Gasteiger partial charge in [0.1, 0.15) is 5.82 Å². The molecule has 88 valence electrons. The number of nitrogen functional groups attached to an aromatic ring is 1. The molecule has 1 aliphatic rings. The van der Waals surface area contributed by atoms with Crippen LogP contribution in [0.2, 0.25) is 5.02 Å².